The topological polar surface area (TPSA) is 46.5 Å². The third-order valence-corrected chi connectivity index (χ3v) is 2.30. The summed E-state index contributed by atoms with van der Waals surface area (Å²) in [5, 5.41) is 8.53. The van der Waals surface area contributed by atoms with Gasteiger partial charge in [-0.1, -0.05) is 5.57 Å². The van der Waals surface area contributed by atoms with Gasteiger partial charge in [0.2, 0.25) is 0 Å². The molecular weight excluding hydrogens is 168 g/mol. The number of hydrogen-bond donors (Lipinski definition) is 1. The molecule has 1 saturated carbocycles. The summed E-state index contributed by atoms with van der Waals surface area (Å²) in [6, 6.07) is 0. The Morgan fingerprint density at radius 2 is 2.23 bits per heavy atom. The molecule has 1 aliphatic rings. The summed E-state index contributed by atoms with van der Waals surface area (Å²) in [5.41, 5.74) is 1.04. The number of carboxylic acid groups (broad SMARTS) is 1. The lowest BCUT2D eigenvalue weighted by Crippen LogP contribution is -2.17. The highest BCUT2D eigenvalue weighted by Gasteiger charge is 2.16. The summed E-state index contributed by atoms with van der Waals surface area (Å²) in [4.78, 5) is 10.4. The molecule has 1 fully saturated rings. The van der Waals surface area contributed by atoms with E-state index in [0.717, 1.165) is 37.9 Å². The molecule has 0 bridgehead atoms. The SMILES string of the molecule is CCOC1CCC(=CC(=O)O)CC1. The minimum Gasteiger partial charge on any atom is -0.478 e. The maximum absolute atomic E-state index is 10.4. The number of allylic oxidation sites excluding steroid dienone is 1. The minimum absolute atomic E-state index is 0.343. The van der Waals surface area contributed by atoms with Crippen LogP contribution in [0, 0.1) is 0 Å². The Bertz CT molecular complexity index is 198. The zero-order chi connectivity index (χ0) is 9.68. The quantitative estimate of drug-likeness (QED) is 0.682. The molecule has 0 heterocycles. The molecule has 0 spiro atoms. The van der Waals surface area contributed by atoms with Gasteiger partial charge < -0.3 is 9.84 Å². The van der Waals surface area contributed by atoms with Gasteiger partial charge in [-0.05, 0) is 32.6 Å². The predicted octanol–water partition coefficient (Wildman–Crippen LogP) is 1.98. The van der Waals surface area contributed by atoms with Gasteiger partial charge >= 0.3 is 5.97 Å². The molecule has 0 aromatic heterocycles. The van der Waals surface area contributed by atoms with Crippen molar-refractivity contribution < 1.29 is 14.6 Å². The molecule has 3 heteroatoms. The summed E-state index contributed by atoms with van der Waals surface area (Å²) in [6.07, 6.45) is 5.35. The fourth-order valence-electron chi connectivity index (χ4n) is 1.68. The molecule has 3 nitrogen and oxygen atoms in total. The number of ether oxygens (including phenoxy) is 1. The van der Waals surface area contributed by atoms with Crippen molar-refractivity contribution in [2.45, 2.75) is 38.7 Å². The smallest absolute Gasteiger partial charge is 0.328 e. The second-order valence-corrected chi connectivity index (χ2v) is 3.30. The summed E-state index contributed by atoms with van der Waals surface area (Å²) in [6.45, 7) is 2.74. The second kappa shape index (κ2) is 5.02. The maximum atomic E-state index is 10.4. The van der Waals surface area contributed by atoms with Crippen LogP contribution in [0.1, 0.15) is 32.6 Å². The summed E-state index contributed by atoms with van der Waals surface area (Å²) >= 11 is 0. The van der Waals surface area contributed by atoms with Crippen LogP contribution in [-0.4, -0.2) is 23.8 Å². The van der Waals surface area contributed by atoms with Gasteiger partial charge in [-0.2, -0.15) is 0 Å². The molecule has 0 atom stereocenters. The van der Waals surface area contributed by atoms with Crippen LogP contribution in [-0.2, 0) is 9.53 Å². The van der Waals surface area contributed by atoms with Crippen molar-refractivity contribution in [1.82, 2.24) is 0 Å². The maximum Gasteiger partial charge on any atom is 0.328 e. The van der Waals surface area contributed by atoms with Crippen molar-refractivity contribution in [1.29, 1.82) is 0 Å². The normalized spacial score (nSPS) is 22.8. The largest absolute Gasteiger partial charge is 0.478 e. The molecule has 1 rings (SSSR count). The van der Waals surface area contributed by atoms with Crippen molar-refractivity contribution in [3.05, 3.63) is 11.6 Å². The van der Waals surface area contributed by atoms with Crippen molar-refractivity contribution >= 4 is 5.97 Å². The zero-order valence-corrected chi connectivity index (χ0v) is 7.95. The Balaban J connectivity index is 2.34. The Labute approximate surface area is 78.4 Å². The van der Waals surface area contributed by atoms with E-state index in [4.69, 9.17) is 9.84 Å². The van der Waals surface area contributed by atoms with E-state index in [1.54, 1.807) is 0 Å². The number of carboxylic acids is 1. The first kappa shape index (κ1) is 10.3. The lowest BCUT2D eigenvalue weighted by molar-refractivity contribution is -0.131. The number of carbonyl (C=O) groups is 1. The van der Waals surface area contributed by atoms with Gasteiger partial charge in [-0.25, -0.2) is 4.79 Å². The van der Waals surface area contributed by atoms with E-state index in [1.165, 1.54) is 6.08 Å². The molecule has 0 radical (unpaired) electrons. The highest BCUT2D eigenvalue weighted by atomic mass is 16.5. The summed E-state index contributed by atoms with van der Waals surface area (Å²) in [5.74, 6) is -0.829. The van der Waals surface area contributed by atoms with Gasteiger partial charge in [0, 0.05) is 12.7 Å². The Morgan fingerprint density at radius 3 is 2.69 bits per heavy atom. The third kappa shape index (κ3) is 3.59. The molecule has 0 aromatic rings. The predicted molar refractivity (Wildman–Crippen MR) is 49.6 cm³/mol. The van der Waals surface area contributed by atoms with Crippen LogP contribution in [0.15, 0.2) is 11.6 Å². The average Bonchev–Trinajstić information content (AvgIpc) is 2.08. The van der Waals surface area contributed by atoms with Crippen LogP contribution < -0.4 is 0 Å². The van der Waals surface area contributed by atoms with Gasteiger partial charge in [0.1, 0.15) is 0 Å². The fraction of sp³-hybridized carbons (Fsp3) is 0.700. The zero-order valence-electron chi connectivity index (χ0n) is 7.95. The molecule has 0 aromatic carbocycles. The van der Waals surface area contributed by atoms with Gasteiger partial charge in [-0.3, -0.25) is 0 Å². The van der Waals surface area contributed by atoms with Crippen molar-refractivity contribution in [2.75, 3.05) is 6.61 Å². The van der Waals surface area contributed by atoms with E-state index < -0.39 is 5.97 Å². The van der Waals surface area contributed by atoms with E-state index >= 15 is 0 Å². The number of aliphatic carboxylic acids is 1. The van der Waals surface area contributed by atoms with E-state index in [9.17, 15) is 4.79 Å². The van der Waals surface area contributed by atoms with Crippen molar-refractivity contribution in [3.8, 4) is 0 Å². The highest BCUT2D eigenvalue weighted by Crippen LogP contribution is 2.25. The molecule has 0 unspecified atom stereocenters. The van der Waals surface area contributed by atoms with Crippen LogP contribution in [0.5, 0.6) is 0 Å². The van der Waals surface area contributed by atoms with Gasteiger partial charge in [-0.15, -0.1) is 0 Å². The standard InChI is InChI=1S/C10H16O3/c1-2-13-9-5-3-8(4-6-9)7-10(11)12/h7,9H,2-6H2,1H3,(H,11,12). The molecule has 0 saturated heterocycles. The Kier molecular flexibility index (Phi) is 3.96. The molecule has 13 heavy (non-hydrogen) atoms. The monoisotopic (exact) mass is 184 g/mol. The molecule has 74 valence electrons. The van der Waals surface area contributed by atoms with Crippen molar-refractivity contribution in [2.24, 2.45) is 0 Å². The van der Waals surface area contributed by atoms with Crippen LogP contribution in [0.2, 0.25) is 0 Å². The molecule has 1 N–H and O–H groups in total. The van der Waals surface area contributed by atoms with Crippen LogP contribution in [0.3, 0.4) is 0 Å². The summed E-state index contributed by atoms with van der Waals surface area (Å²) < 4.78 is 5.46. The first-order valence-electron chi connectivity index (χ1n) is 4.76. The molecule has 1 aliphatic carbocycles. The third-order valence-electron chi connectivity index (χ3n) is 2.30. The van der Waals surface area contributed by atoms with Crippen molar-refractivity contribution in [3.63, 3.8) is 0 Å². The molecular formula is C10H16O3. The fourth-order valence-corrected chi connectivity index (χ4v) is 1.68. The number of rotatable bonds is 3. The van der Waals surface area contributed by atoms with Crippen LogP contribution in [0.4, 0.5) is 0 Å². The van der Waals surface area contributed by atoms with E-state index in [1.807, 2.05) is 6.92 Å². The van der Waals surface area contributed by atoms with Gasteiger partial charge in [0.05, 0.1) is 6.10 Å². The number of hydrogen-bond acceptors (Lipinski definition) is 2. The Hall–Kier alpha value is -0.830. The average molecular weight is 184 g/mol. The second-order valence-electron chi connectivity index (χ2n) is 3.30. The first-order valence-corrected chi connectivity index (χ1v) is 4.76. The van der Waals surface area contributed by atoms with Gasteiger partial charge in [0.15, 0.2) is 0 Å². The molecule has 0 amide bonds. The Morgan fingerprint density at radius 1 is 1.62 bits per heavy atom. The van der Waals surface area contributed by atoms with Gasteiger partial charge in [0.25, 0.3) is 0 Å². The lowest BCUT2D eigenvalue weighted by Gasteiger charge is -2.23. The van der Waals surface area contributed by atoms with E-state index in [0.29, 0.717) is 6.10 Å². The van der Waals surface area contributed by atoms with E-state index in [2.05, 4.69) is 0 Å². The van der Waals surface area contributed by atoms with E-state index in [-0.39, 0.29) is 0 Å². The molecule has 0 aliphatic heterocycles. The minimum atomic E-state index is -0.829. The van der Waals surface area contributed by atoms with Crippen LogP contribution >= 0.6 is 0 Å². The summed E-state index contributed by atoms with van der Waals surface area (Å²) in [7, 11) is 0. The lowest BCUT2D eigenvalue weighted by atomic mass is 9.92. The first-order chi connectivity index (χ1) is 6.22. The highest BCUT2D eigenvalue weighted by molar-refractivity contribution is 5.80. The van der Waals surface area contributed by atoms with Crippen LogP contribution in [0.25, 0.3) is 0 Å².